The lowest BCUT2D eigenvalue weighted by Crippen LogP contribution is -2.00. The number of rotatable bonds is 10. The first-order valence-corrected chi connectivity index (χ1v) is 12.0. The lowest BCUT2D eigenvalue weighted by Gasteiger charge is -2.05. The van der Waals surface area contributed by atoms with Crippen LogP contribution in [0.5, 0.6) is 0 Å². The minimum absolute atomic E-state index is 0.276. The van der Waals surface area contributed by atoms with E-state index in [2.05, 4.69) is 48.9 Å². The summed E-state index contributed by atoms with van der Waals surface area (Å²) < 4.78 is 5.61. The first-order valence-electron chi connectivity index (χ1n) is 12.0. The molecule has 7 heteroatoms. The second kappa shape index (κ2) is 20.1. The molecule has 3 N–H and O–H groups in total. The van der Waals surface area contributed by atoms with Crippen LogP contribution in [0.25, 0.3) is 11.3 Å². The summed E-state index contributed by atoms with van der Waals surface area (Å²) in [5.41, 5.74) is 2.63. The van der Waals surface area contributed by atoms with Gasteiger partial charge in [0.25, 0.3) is 0 Å². The highest BCUT2D eigenvalue weighted by Gasteiger charge is 2.17. The number of allylic oxidation sites excluding steroid dienone is 3. The van der Waals surface area contributed by atoms with Crippen molar-refractivity contribution in [2.45, 2.75) is 87.5 Å². The Labute approximate surface area is 211 Å². The number of nitrogens with one attached hydrogen (secondary N) is 1. The molecule has 0 radical (unpaired) electrons. The molecule has 1 aromatic rings. The van der Waals surface area contributed by atoms with Gasteiger partial charge in [0.1, 0.15) is 23.6 Å². The zero-order chi connectivity index (χ0) is 27.4. The predicted octanol–water partition coefficient (Wildman–Crippen LogP) is 8.53. The molecule has 7 nitrogen and oxygen atoms in total. The number of carbonyl (C=O) groups excluding carboxylic acids is 1. The monoisotopic (exact) mass is 487 g/mol. The average Bonchev–Trinajstić information content (AvgIpc) is 3.15. The number of ketones is 1. The van der Waals surface area contributed by atoms with Gasteiger partial charge < -0.3 is 24.7 Å². The van der Waals surface area contributed by atoms with Gasteiger partial charge in [-0.2, -0.15) is 4.99 Å². The fourth-order valence-corrected chi connectivity index (χ4v) is 2.57. The molecule has 0 unspecified atom stereocenters. The Morgan fingerprint density at radius 3 is 2.11 bits per heavy atom. The topological polar surface area (TPSA) is 107 Å². The van der Waals surface area contributed by atoms with E-state index in [1.807, 2.05) is 13.8 Å². The number of ether oxygens (including phenoxy) is 1. The molecule has 35 heavy (non-hydrogen) atoms. The predicted molar refractivity (Wildman–Crippen MR) is 151 cm³/mol. The van der Waals surface area contributed by atoms with Gasteiger partial charge in [0.2, 0.25) is 0 Å². The van der Waals surface area contributed by atoms with Crippen LogP contribution in [0.15, 0.2) is 47.4 Å². The highest BCUT2D eigenvalue weighted by Crippen LogP contribution is 2.33. The Bertz CT molecular complexity index is 917. The van der Waals surface area contributed by atoms with Crippen LogP contribution < -0.4 is 0 Å². The Balaban J connectivity index is 0. The number of aliphatic hydroxyl groups is 2. The number of aromatic nitrogens is 1. The number of hydrogen-bond donors (Lipinski definition) is 3. The maximum atomic E-state index is 10.2. The van der Waals surface area contributed by atoms with Gasteiger partial charge in [-0.05, 0) is 51.3 Å². The Morgan fingerprint density at radius 2 is 1.74 bits per heavy atom. The van der Waals surface area contributed by atoms with E-state index in [0.717, 1.165) is 36.0 Å². The summed E-state index contributed by atoms with van der Waals surface area (Å²) in [4.78, 5) is 21.5. The summed E-state index contributed by atoms with van der Waals surface area (Å²) in [6.45, 7) is 22.7. The van der Waals surface area contributed by atoms with Crippen molar-refractivity contribution < 1.29 is 19.7 Å². The molecule has 0 saturated carbocycles. The second-order valence-electron chi connectivity index (χ2n) is 7.83. The number of H-pyrrole nitrogens is 1. The molecule has 0 amide bonds. The van der Waals surface area contributed by atoms with Crippen LogP contribution in [-0.4, -0.2) is 33.1 Å². The van der Waals surface area contributed by atoms with Gasteiger partial charge >= 0.3 is 0 Å². The maximum Gasteiger partial charge on any atom is 0.193 e. The van der Waals surface area contributed by atoms with Crippen molar-refractivity contribution in [3.63, 3.8) is 0 Å². The number of Topliss-reactive ketones (excluding diaryl/α,β-unsaturated/α-hetero) is 1. The van der Waals surface area contributed by atoms with E-state index in [1.54, 1.807) is 26.8 Å². The van der Waals surface area contributed by atoms with Crippen LogP contribution >= 0.6 is 0 Å². The van der Waals surface area contributed by atoms with Crippen LogP contribution in [0.1, 0.15) is 97.4 Å². The Kier molecular flexibility index (Phi) is 19.4. The molecule has 0 aliphatic rings. The van der Waals surface area contributed by atoms with Crippen LogP contribution in [0.3, 0.4) is 0 Å². The van der Waals surface area contributed by atoms with Gasteiger partial charge in [0.05, 0.1) is 11.9 Å². The summed E-state index contributed by atoms with van der Waals surface area (Å²) in [5, 5.41) is 18.8. The Morgan fingerprint density at radius 1 is 1.14 bits per heavy atom. The van der Waals surface area contributed by atoms with E-state index in [-0.39, 0.29) is 5.76 Å². The number of unbranched alkanes of at least 4 members (excludes halogenated alkanes) is 2. The van der Waals surface area contributed by atoms with E-state index >= 15 is 0 Å². The molecule has 0 aliphatic heterocycles. The van der Waals surface area contributed by atoms with Crippen molar-refractivity contribution >= 4 is 35.0 Å². The maximum absolute atomic E-state index is 10.2. The molecule has 1 heterocycles. The zero-order valence-electron chi connectivity index (χ0n) is 22.9. The number of aliphatic hydroxyl groups excluding tert-OH is 2. The molecule has 0 aromatic carbocycles. The first kappa shape index (κ1) is 33.8. The van der Waals surface area contributed by atoms with Crippen molar-refractivity contribution in [1.29, 1.82) is 0 Å². The van der Waals surface area contributed by atoms with Crippen LogP contribution in [-0.2, 0) is 9.53 Å². The van der Waals surface area contributed by atoms with Crippen molar-refractivity contribution in [2.24, 2.45) is 9.98 Å². The van der Waals surface area contributed by atoms with Gasteiger partial charge in [0.15, 0.2) is 11.7 Å². The fraction of sp³-hybridized carbons (Fsp3) is 0.464. The number of hydrogen-bond acceptors (Lipinski definition) is 6. The zero-order valence-corrected chi connectivity index (χ0v) is 22.9. The summed E-state index contributed by atoms with van der Waals surface area (Å²) in [5.74, 6) is 1.41. The molecular formula is C28H45N3O4. The highest BCUT2D eigenvalue weighted by atomic mass is 16.5. The number of aliphatic imine (C=N–C) groups is 2. The molecule has 0 fully saturated rings. The van der Waals surface area contributed by atoms with E-state index in [4.69, 9.17) is 9.84 Å². The SMILES string of the molecule is C=CN=C/C(=C\C)O/C(C)=N/c1[nH]c(/C(O)=C/O)c(C)c1C(=C)C.CCCC.CCCCC(C)=O. The summed E-state index contributed by atoms with van der Waals surface area (Å²) in [7, 11) is 0. The largest absolute Gasteiger partial charge is 0.512 e. The van der Waals surface area contributed by atoms with Crippen molar-refractivity contribution in [1.82, 2.24) is 4.98 Å². The molecule has 0 aliphatic carbocycles. The number of nitrogens with zero attached hydrogens (tertiary/aromatic N) is 2. The molecular weight excluding hydrogens is 442 g/mol. The van der Waals surface area contributed by atoms with E-state index in [9.17, 15) is 9.90 Å². The summed E-state index contributed by atoms with van der Waals surface area (Å²) in [6.07, 6.45) is 10.9. The van der Waals surface area contributed by atoms with Crippen molar-refractivity contribution in [3.05, 3.63) is 54.3 Å². The van der Waals surface area contributed by atoms with E-state index in [1.165, 1.54) is 25.3 Å². The van der Waals surface area contributed by atoms with Crippen molar-refractivity contribution in [2.75, 3.05) is 0 Å². The molecule has 196 valence electrons. The van der Waals surface area contributed by atoms with Gasteiger partial charge in [-0.25, -0.2) is 0 Å². The smallest absolute Gasteiger partial charge is 0.193 e. The summed E-state index contributed by atoms with van der Waals surface area (Å²) >= 11 is 0. The number of aromatic amines is 1. The van der Waals surface area contributed by atoms with Gasteiger partial charge in [-0.1, -0.05) is 53.2 Å². The third-order valence-electron chi connectivity index (χ3n) is 4.54. The summed E-state index contributed by atoms with van der Waals surface area (Å²) in [6, 6.07) is 0. The van der Waals surface area contributed by atoms with Gasteiger partial charge in [-0.3, -0.25) is 4.99 Å². The third-order valence-corrected chi connectivity index (χ3v) is 4.54. The van der Waals surface area contributed by atoms with Gasteiger partial charge in [-0.15, -0.1) is 0 Å². The molecule has 1 rings (SSSR count). The van der Waals surface area contributed by atoms with Crippen molar-refractivity contribution in [3.8, 4) is 0 Å². The molecule has 0 bridgehead atoms. The molecule has 0 spiro atoms. The lowest BCUT2D eigenvalue weighted by molar-refractivity contribution is -0.117. The molecule has 0 saturated heterocycles. The van der Waals surface area contributed by atoms with Gasteiger partial charge in [0, 0.05) is 25.1 Å². The fourth-order valence-electron chi connectivity index (χ4n) is 2.57. The third kappa shape index (κ3) is 14.5. The minimum atomic E-state index is -0.276. The van der Waals surface area contributed by atoms with E-state index in [0.29, 0.717) is 35.2 Å². The first-order chi connectivity index (χ1) is 16.5. The van der Waals surface area contributed by atoms with E-state index < -0.39 is 0 Å². The lowest BCUT2D eigenvalue weighted by atomic mass is 10.1. The molecule has 1 aromatic heterocycles. The highest BCUT2D eigenvalue weighted by molar-refractivity contribution is 5.87. The van der Waals surface area contributed by atoms with Crippen LogP contribution in [0, 0.1) is 6.92 Å². The second-order valence-corrected chi connectivity index (χ2v) is 7.83. The normalized spacial score (nSPS) is 11.8. The average molecular weight is 488 g/mol. The standard InChI is InChI=1S/C18H23N3O3.C6H12O.C4H10/c1-7-14(9-19-8-2)24-13(6)20-18-16(11(3)4)12(5)17(21-18)15(23)10-22;1-3-4-5-6(2)7;1-3-4-2/h7-10,21-23H,2-3H2,1,4-6H3;3-5H2,1-2H3;3-4H2,1-2H3/b14-7+,15-10-,19-9?,20-13+;;. The number of carbonyl (C=O) groups is 1. The molecule has 0 atom stereocenters. The minimum Gasteiger partial charge on any atom is -0.512 e. The van der Waals surface area contributed by atoms with Crippen LogP contribution in [0.2, 0.25) is 0 Å². The van der Waals surface area contributed by atoms with Crippen LogP contribution in [0.4, 0.5) is 5.82 Å². The quantitative estimate of drug-likeness (QED) is 0.174. The Hall–Kier alpha value is -3.35.